The van der Waals surface area contributed by atoms with Crippen molar-refractivity contribution in [2.24, 2.45) is 0 Å². The molecule has 26 heavy (non-hydrogen) atoms. The average molecular weight is 356 g/mol. The van der Waals surface area contributed by atoms with Gasteiger partial charge in [-0.2, -0.15) is 4.80 Å². The van der Waals surface area contributed by atoms with Crippen LogP contribution >= 0.6 is 0 Å². The van der Waals surface area contributed by atoms with Crippen LogP contribution in [0, 0.1) is 6.92 Å². The van der Waals surface area contributed by atoms with Gasteiger partial charge in [0.05, 0.1) is 0 Å². The Balaban J connectivity index is 1.57. The van der Waals surface area contributed by atoms with Gasteiger partial charge in [0.1, 0.15) is 6.54 Å². The number of hydrogen-bond donors (Lipinski definition) is 0. The first-order valence-corrected chi connectivity index (χ1v) is 9.28. The van der Waals surface area contributed by atoms with Gasteiger partial charge >= 0.3 is 0 Å². The largest absolute Gasteiger partial charge is 0.341 e. The van der Waals surface area contributed by atoms with Crippen LogP contribution < -0.4 is 0 Å². The third kappa shape index (κ3) is 4.27. The molecule has 2 heterocycles. The van der Waals surface area contributed by atoms with E-state index in [0.717, 1.165) is 31.5 Å². The zero-order valence-corrected chi connectivity index (χ0v) is 16.1. The molecule has 1 aromatic heterocycles. The molecule has 1 aromatic carbocycles. The maximum absolute atomic E-state index is 12.6. The minimum absolute atomic E-state index is 0.0286. The van der Waals surface area contributed by atoms with Crippen LogP contribution in [-0.4, -0.2) is 68.1 Å². The lowest BCUT2D eigenvalue weighted by molar-refractivity contribution is -0.134. The molecule has 0 radical (unpaired) electrons. The SMILES string of the molecule is Cc1ccc(-c2nnn(CC(=O)N(C)C3CCN(C(C)C)CC3)n2)cc1. The number of tetrazole rings is 1. The van der Waals surface area contributed by atoms with Gasteiger partial charge in [-0.1, -0.05) is 29.8 Å². The highest BCUT2D eigenvalue weighted by Gasteiger charge is 2.26. The van der Waals surface area contributed by atoms with Crippen molar-refractivity contribution in [1.29, 1.82) is 0 Å². The molecule has 3 rings (SSSR count). The minimum atomic E-state index is 0.0286. The predicted molar refractivity (Wildman–Crippen MR) is 100 cm³/mol. The molecule has 1 aliphatic heterocycles. The summed E-state index contributed by atoms with van der Waals surface area (Å²) in [5, 5.41) is 12.5. The summed E-state index contributed by atoms with van der Waals surface area (Å²) in [5.74, 6) is 0.576. The molecule has 1 saturated heterocycles. The smallest absolute Gasteiger partial charge is 0.246 e. The molecule has 1 aliphatic rings. The summed E-state index contributed by atoms with van der Waals surface area (Å²) in [7, 11) is 1.88. The fraction of sp³-hybridized carbons (Fsp3) is 0.579. The van der Waals surface area contributed by atoms with E-state index in [1.165, 1.54) is 10.4 Å². The number of likely N-dealkylation sites (N-methyl/N-ethyl adjacent to an activating group) is 1. The summed E-state index contributed by atoms with van der Waals surface area (Å²) in [6.07, 6.45) is 2.03. The number of benzene rings is 1. The second-order valence-electron chi connectivity index (χ2n) is 7.38. The van der Waals surface area contributed by atoms with Crippen molar-refractivity contribution in [2.75, 3.05) is 20.1 Å². The van der Waals surface area contributed by atoms with E-state index in [9.17, 15) is 4.79 Å². The van der Waals surface area contributed by atoms with Crippen LogP contribution in [-0.2, 0) is 11.3 Å². The summed E-state index contributed by atoms with van der Waals surface area (Å²) in [5.41, 5.74) is 2.09. The Morgan fingerprint density at radius 1 is 1.23 bits per heavy atom. The van der Waals surface area contributed by atoms with Crippen LogP contribution in [0.1, 0.15) is 32.3 Å². The van der Waals surface area contributed by atoms with Crippen LogP contribution in [0.2, 0.25) is 0 Å². The van der Waals surface area contributed by atoms with Crippen molar-refractivity contribution in [1.82, 2.24) is 30.0 Å². The fourth-order valence-corrected chi connectivity index (χ4v) is 3.35. The van der Waals surface area contributed by atoms with E-state index in [2.05, 4.69) is 34.2 Å². The maximum Gasteiger partial charge on any atom is 0.246 e. The third-order valence-electron chi connectivity index (χ3n) is 5.21. The first-order chi connectivity index (χ1) is 12.4. The number of amides is 1. The van der Waals surface area contributed by atoms with Gasteiger partial charge in [-0.15, -0.1) is 10.2 Å². The van der Waals surface area contributed by atoms with Crippen molar-refractivity contribution in [3.8, 4) is 11.4 Å². The van der Waals surface area contributed by atoms with Crippen molar-refractivity contribution in [3.63, 3.8) is 0 Å². The Kier molecular flexibility index (Phi) is 5.66. The second kappa shape index (κ2) is 7.95. The number of carbonyl (C=O) groups excluding carboxylic acids is 1. The lowest BCUT2D eigenvalue weighted by atomic mass is 10.0. The first kappa shape index (κ1) is 18.5. The zero-order chi connectivity index (χ0) is 18.7. The Morgan fingerprint density at radius 3 is 2.50 bits per heavy atom. The number of hydrogen-bond acceptors (Lipinski definition) is 5. The first-order valence-electron chi connectivity index (χ1n) is 9.28. The quantitative estimate of drug-likeness (QED) is 0.819. The van der Waals surface area contributed by atoms with E-state index in [4.69, 9.17) is 0 Å². The maximum atomic E-state index is 12.6. The summed E-state index contributed by atoms with van der Waals surface area (Å²) in [6, 6.07) is 8.81. The third-order valence-corrected chi connectivity index (χ3v) is 5.21. The summed E-state index contributed by atoms with van der Waals surface area (Å²) in [6.45, 7) is 8.68. The summed E-state index contributed by atoms with van der Waals surface area (Å²) < 4.78 is 0. The number of carbonyl (C=O) groups is 1. The van der Waals surface area contributed by atoms with Crippen molar-refractivity contribution < 1.29 is 4.79 Å². The van der Waals surface area contributed by atoms with Gasteiger partial charge in [-0.05, 0) is 38.8 Å². The van der Waals surface area contributed by atoms with E-state index in [0.29, 0.717) is 11.9 Å². The van der Waals surface area contributed by atoms with Crippen LogP contribution in [0.25, 0.3) is 11.4 Å². The van der Waals surface area contributed by atoms with Gasteiger partial charge in [-0.3, -0.25) is 4.79 Å². The van der Waals surface area contributed by atoms with E-state index in [-0.39, 0.29) is 18.5 Å². The minimum Gasteiger partial charge on any atom is -0.341 e. The molecule has 140 valence electrons. The summed E-state index contributed by atoms with van der Waals surface area (Å²) >= 11 is 0. The molecule has 0 bridgehead atoms. The Morgan fingerprint density at radius 2 is 1.88 bits per heavy atom. The van der Waals surface area contributed by atoms with Crippen molar-refractivity contribution in [2.45, 2.75) is 52.2 Å². The van der Waals surface area contributed by atoms with Crippen LogP contribution in [0.5, 0.6) is 0 Å². The van der Waals surface area contributed by atoms with Gasteiger partial charge in [0.15, 0.2) is 0 Å². The van der Waals surface area contributed by atoms with Crippen LogP contribution in [0.4, 0.5) is 0 Å². The highest BCUT2D eigenvalue weighted by atomic mass is 16.2. The molecular formula is C19H28N6O. The topological polar surface area (TPSA) is 67.2 Å². The number of piperidine rings is 1. The standard InChI is InChI=1S/C19H28N6O/c1-14(2)24-11-9-17(10-12-24)23(4)18(26)13-25-21-19(20-22-25)16-7-5-15(3)6-8-16/h5-8,14,17H,9-13H2,1-4H3. The fourth-order valence-electron chi connectivity index (χ4n) is 3.35. The lowest BCUT2D eigenvalue weighted by Crippen LogP contribution is -2.48. The highest BCUT2D eigenvalue weighted by molar-refractivity contribution is 5.75. The number of likely N-dealkylation sites (tertiary alicyclic amines) is 1. The molecule has 0 atom stereocenters. The van der Waals surface area contributed by atoms with Gasteiger partial charge in [-0.25, -0.2) is 0 Å². The number of nitrogens with zero attached hydrogens (tertiary/aromatic N) is 6. The number of aryl methyl sites for hydroxylation is 1. The Bertz CT molecular complexity index is 731. The molecule has 0 aliphatic carbocycles. The molecule has 1 fully saturated rings. The van der Waals surface area contributed by atoms with E-state index >= 15 is 0 Å². The predicted octanol–water partition coefficient (Wildman–Crippen LogP) is 1.98. The highest BCUT2D eigenvalue weighted by Crippen LogP contribution is 2.18. The molecule has 2 aromatic rings. The van der Waals surface area contributed by atoms with Gasteiger partial charge in [0.25, 0.3) is 0 Å². The molecule has 1 amide bonds. The molecule has 0 unspecified atom stereocenters. The normalized spacial score (nSPS) is 16.2. The lowest BCUT2D eigenvalue weighted by Gasteiger charge is -2.38. The number of aromatic nitrogens is 4. The molecule has 0 spiro atoms. The molecule has 7 nitrogen and oxygen atoms in total. The van der Waals surface area contributed by atoms with E-state index in [1.54, 1.807) is 0 Å². The monoisotopic (exact) mass is 356 g/mol. The summed E-state index contributed by atoms with van der Waals surface area (Å²) in [4.78, 5) is 18.3. The second-order valence-corrected chi connectivity index (χ2v) is 7.38. The van der Waals surface area contributed by atoms with Crippen molar-refractivity contribution in [3.05, 3.63) is 29.8 Å². The average Bonchev–Trinajstić information content (AvgIpc) is 3.10. The van der Waals surface area contributed by atoms with E-state index in [1.807, 2.05) is 43.1 Å². The Labute approximate surface area is 155 Å². The molecule has 0 N–H and O–H groups in total. The number of rotatable bonds is 5. The zero-order valence-electron chi connectivity index (χ0n) is 16.1. The van der Waals surface area contributed by atoms with Crippen LogP contribution in [0.15, 0.2) is 24.3 Å². The molecule has 7 heteroatoms. The van der Waals surface area contributed by atoms with Crippen LogP contribution in [0.3, 0.4) is 0 Å². The van der Waals surface area contributed by atoms with Gasteiger partial charge < -0.3 is 9.80 Å². The van der Waals surface area contributed by atoms with E-state index < -0.39 is 0 Å². The van der Waals surface area contributed by atoms with Gasteiger partial charge in [0, 0.05) is 37.8 Å². The van der Waals surface area contributed by atoms with Crippen molar-refractivity contribution >= 4 is 5.91 Å². The Hall–Kier alpha value is -2.28. The molecule has 0 saturated carbocycles. The van der Waals surface area contributed by atoms with Gasteiger partial charge in [0.2, 0.25) is 11.7 Å². The molecular weight excluding hydrogens is 328 g/mol.